The second-order valence-corrected chi connectivity index (χ2v) is 7.45. The fourth-order valence-corrected chi connectivity index (χ4v) is 3.98. The van der Waals surface area contributed by atoms with Gasteiger partial charge in [0, 0.05) is 18.5 Å². The molecular weight excluding hydrogens is 376 g/mol. The van der Waals surface area contributed by atoms with Crippen molar-refractivity contribution in [2.24, 2.45) is 0 Å². The molecule has 0 aliphatic rings. The zero-order valence-corrected chi connectivity index (χ0v) is 16.7. The van der Waals surface area contributed by atoms with Gasteiger partial charge in [0.05, 0.1) is 31.2 Å². The van der Waals surface area contributed by atoms with Gasteiger partial charge in [0.1, 0.15) is 11.5 Å². The average Bonchev–Trinajstić information content (AvgIpc) is 3.35. The van der Waals surface area contributed by atoms with Crippen molar-refractivity contribution in [2.45, 2.75) is 18.6 Å². The van der Waals surface area contributed by atoms with Crippen molar-refractivity contribution < 1.29 is 13.9 Å². The Labute approximate surface area is 166 Å². The lowest BCUT2D eigenvalue weighted by molar-refractivity contribution is -0.127. The van der Waals surface area contributed by atoms with E-state index in [0.717, 1.165) is 33.6 Å². The molecule has 4 aromatic rings. The molecule has 0 saturated carbocycles. The van der Waals surface area contributed by atoms with Gasteiger partial charge in [0.2, 0.25) is 5.91 Å². The van der Waals surface area contributed by atoms with Crippen LogP contribution in [0.25, 0.3) is 16.6 Å². The van der Waals surface area contributed by atoms with Gasteiger partial charge in [-0.3, -0.25) is 9.20 Å². The standard InChI is InChI=1S/C20H20N4O3S/c1-13-9-18-21-22-20(24(18)17-10-14(26-3)6-7-16(13)17)28-12-19(25)23(2)11-15-5-4-8-27-15/h4-10H,11-12H2,1-3H3. The van der Waals surface area contributed by atoms with E-state index < -0.39 is 0 Å². The highest BCUT2D eigenvalue weighted by atomic mass is 32.2. The predicted molar refractivity (Wildman–Crippen MR) is 108 cm³/mol. The van der Waals surface area contributed by atoms with E-state index in [1.54, 1.807) is 25.3 Å². The summed E-state index contributed by atoms with van der Waals surface area (Å²) < 4.78 is 12.6. The molecule has 8 heteroatoms. The molecule has 3 aromatic heterocycles. The summed E-state index contributed by atoms with van der Waals surface area (Å²) in [6, 6.07) is 11.6. The van der Waals surface area contributed by atoms with Crippen LogP contribution in [0.1, 0.15) is 11.3 Å². The van der Waals surface area contributed by atoms with E-state index in [1.165, 1.54) is 11.8 Å². The van der Waals surface area contributed by atoms with Crippen LogP contribution in [0.5, 0.6) is 5.75 Å². The lowest BCUT2D eigenvalue weighted by Crippen LogP contribution is -2.27. The van der Waals surface area contributed by atoms with Crippen LogP contribution >= 0.6 is 11.8 Å². The number of ether oxygens (including phenoxy) is 1. The SMILES string of the molecule is COc1ccc2c(C)cc3nnc(SCC(=O)N(C)Cc4ccco4)n3c2c1. The number of nitrogens with zero attached hydrogens (tertiary/aromatic N) is 4. The molecule has 1 aromatic carbocycles. The number of amides is 1. The van der Waals surface area contributed by atoms with E-state index in [9.17, 15) is 4.79 Å². The summed E-state index contributed by atoms with van der Waals surface area (Å²) in [5.74, 6) is 1.77. The number of fused-ring (bicyclic) bond motifs is 3. The number of rotatable bonds is 6. The molecule has 4 rings (SSSR count). The third kappa shape index (κ3) is 3.43. The normalized spacial score (nSPS) is 11.2. The highest BCUT2D eigenvalue weighted by Crippen LogP contribution is 2.28. The first kappa shape index (κ1) is 18.4. The summed E-state index contributed by atoms with van der Waals surface area (Å²) >= 11 is 1.37. The molecule has 0 saturated heterocycles. The van der Waals surface area contributed by atoms with Gasteiger partial charge in [-0.05, 0) is 42.8 Å². The Bertz CT molecular complexity index is 1140. The monoisotopic (exact) mass is 396 g/mol. The van der Waals surface area contributed by atoms with Gasteiger partial charge in [-0.25, -0.2) is 0 Å². The summed E-state index contributed by atoms with van der Waals surface area (Å²) in [6.07, 6.45) is 1.60. The minimum absolute atomic E-state index is 0.00727. The second-order valence-electron chi connectivity index (χ2n) is 6.50. The summed E-state index contributed by atoms with van der Waals surface area (Å²) in [5.41, 5.74) is 2.82. The van der Waals surface area contributed by atoms with Gasteiger partial charge >= 0.3 is 0 Å². The Morgan fingerprint density at radius 1 is 1.29 bits per heavy atom. The Balaban J connectivity index is 1.60. The average molecular weight is 396 g/mol. The number of carbonyl (C=O) groups is 1. The van der Waals surface area contributed by atoms with Crippen molar-refractivity contribution in [1.82, 2.24) is 19.5 Å². The van der Waals surface area contributed by atoms with Crippen molar-refractivity contribution in [3.63, 3.8) is 0 Å². The smallest absolute Gasteiger partial charge is 0.233 e. The second kappa shape index (κ2) is 7.55. The molecule has 0 N–H and O–H groups in total. The van der Waals surface area contributed by atoms with Gasteiger partial charge in [0.15, 0.2) is 10.8 Å². The zero-order chi connectivity index (χ0) is 19.7. The molecule has 144 valence electrons. The minimum atomic E-state index is -0.00727. The van der Waals surface area contributed by atoms with Crippen LogP contribution in [0.4, 0.5) is 0 Å². The Morgan fingerprint density at radius 2 is 2.14 bits per heavy atom. The number of hydrogen-bond acceptors (Lipinski definition) is 6. The number of thioether (sulfide) groups is 1. The van der Waals surface area contributed by atoms with Crippen molar-refractivity contribution in [3.8, 4) is 5.75 Å². The molecule has 1 amide bonds. The maximum atomic E-state index is 12.5. The molecule has 0 unspecified atom stereocenters. The van der Waals surface area contributed by atoms with Crippen LogP contribution in [-0.2, 0) is 11.3 Å². The molecule has 7 nitrogen and oxygen atoms in total. The summed E-state index contributed by atoms with van der Waals surface area (Å²) in [4.78, 5) is 14.1. The number of aryl methyl sites for hydroxylation is 1. The van der Waals surface area contributed by atoms with Crippen LogP contribution < -0.4 is 4.74 Å². The third-order valence-electron chi connectivity index (χ3n) is 4.60. The molecule has 0 radical (unpaired) electrons. The molecule has 0 atom stereocenters. The van der Waals surface area contributed by atoms with E-state index >= 15 is 0 Å². The number of benzene rings is 1. The number of furan rings is 1. The topological polar surface area (TPSA) is 72.9 Å². The number of methoxy groups -OCH3 is 1. The largest absolute Gasteiger partial charge is 0.497 e. The van der Waals surface area contributed by atoms with Gasteiger partial charge in [-0.1, -0.05) is 11.8 Å². The van der Waals surface area contributed by atoms with Gasteiger partial charge in [-0.2, -0.15) is 0 Å². The van der Waals surface area contributed by atoms with Gasteiger partial charge in [0.25, 0.3) is 0 Å². The summed E-state index contributed by atoms with van der Waals surface area (Å²) in [6.45, 7) is 2.48. The number of carbonyl (C=O) groups excluding carboxylic acids is 1. The van der Waals surface area contributed by atoms with Crippen molar-refractivity contribution in [3.05, 3.63) is 54.0 Å². The fraction of sp³-hybridized carbons (Fsp3) is 0.250. The molecule has 0 aliphatic carbocycles. The predicted octanol–water partition coefficient (Wildman–Crippen LogP) is 3.54. The van der Waals surface area contributed by atoms with E-state index in [0.29, 0.717) is 11.7 Å². The first-order chi connectivity index (χ1) is 13.6. The highest BCUT2D eigenvalue weighted by molar-refractivity contribution is 7.99. The Kier molecular flexibility index (Phi) is 4.95. The minimum Gasteiger partial charge on any atom is -0.497 e. The molecular formula is C20H20N4O3S. The van der Waals surface area contributed by atoms with Crippen LogP contribution in [0.3, 0.4) is 0 Å². The number of aromatic nitrogens is 3. The lowest BCUT2D eigenvalue weighted by Gasteiger charge is -2.15. The van der Waals surface area contributed by atoms with Crippen LogP contribution in [-0.4, -0.2) is 45.3 Å². The molecule has 28 heavy (non-hydrogen) atoms. The number of pyridine rings is 1. The van der Waals surface area contributed by atoms with E-state index in [2.05, 4.69) is 10.2 Å². The number of hydrogen-bond donors (Lipinski definition) is 0. The first-order valence-electron chi connectivity index (χ1n) is 8.78. The van der Waals surface area contributed by atoms with Crippen LogP contribution in [0, 0.1) is 6.92 Å². The van der Waals surface area contributed by atoms with E-state index in [4.69, 9.17) is 9.15 Å². The highest BCUT2D eigenvalue weighted by Gasteiger charge is 2.16. The molecule has 0 spiro atoms. The van der Waals surface area contributed by atoms with Gasteiger partial charge in [-0.15, -0.1) is 10.2 Å². The van der Waals surface area contributed by atoms with Crippen LogP contribution in [0.2, 0.25) is 0 Å². The zero-order valence-electron chi connectivity index (χ0n) is 15.9. The Hall–Kier alpha value is -3.00. The maximum absolute atomic E-state index is 12.5. The Morgan fingerprint density at radius 3 is 2.89 bits per heavy atom. The molecule has 0 aliphatic heterocycles. The van der Waals surface area contributed by atoms with Crippen molar-refractivity contribution >= 4 is 34.2 Å². The first-order valence-corrected chi connectivity index (χ1v) is 9.77. The lowest BCUT2D eigenvalue weighted by atomic mass is 10.1. The van der Waals surface area contributed by atoms with E-state index in [-0.39, 0.29) is 11.7 Å². The quantitative estimate of drug-likeness (QED) is 0.464. The van der Waals surface area contributed by atoms with Crippen molar-refractivity contribution in [1.29, 1.82) is 0 Å². The third-order valence-corrected chi connectivity index (χ3v) is 5.51. The molecule has 3 heterocycles. The van der Waals surface area contributed by atoms with Gasteiger partial charge < -0.3 is 14.1 Å². The maximum Gasteiger partial charge on any atom is 0.233 e. The van der Waals surface area contributed by atoms with Crippen LogP contribution in [0.15, 0.2) is 52.2 Å². The molecule has 0 bridgehead atoms. The van der Waals surface area contributed by atoms with Crippen molar-refractivity contribution in [2.75, 3.05) is 19.9 Å². The summed E-state index contributed by atoms with van der Waals surface area (Å²) in [7, 11) is 3.40. The van der Waals surface area contributed by atoms with E-state index in [1.807, 2.05) is 47.7 Å². The fourth-order valence-electron chi connectivity index (χ4n) is 3.08. The summed E-state index contributed by atoms with van der Waals surface area (Å²) in [5, 5.41) is 10.3. The molecule has 0 fully saturated rings.